The zero-order valence-corrected chi connectivity index (χ0v) is 13.3. The van der Waals surface area contributed by atoms with E-state index in [0.29, 0.717) is 34.3 Å². The van der Waals surface area contributed by atoms with Gasteiger partial charge in [0.25, 0.3) is 5.91 Å². The Balaban J connectivity index is 2.13. The molecule has 0 saturated heterocycles. The molecule has 0 aliphatic heterocycles. The van der Waals surface area contributed by atoms with Crippen LogP contribution in [0.4, 0.5) is 5.69 Å². The van der Waals surface area contributed by atoms with E-state index in [1.807, 2.05) is 12.1 Å². The van der Waals surface area contributed by atoms with E-state index in [1.165, 1.54) is 11.3 Å². The van der Waals surface area contributed by atoms with Crippen LogP contribution in [-0.4, -0.2) is 28.7 Å². The molecule has 4 nitrogen and oxygen atoms in total. The maximum Gasteiger partial charge on any atom is 0.263 e. The Morgan fingerprint density at radius 3 is 2.90 bits per heavy atom. The SMILES string of the molecule is CS(=O)CCCNC(=O)c1sc2cccc(Cl)c2c1N. The molecule has 0 radical (unpaired) electrons. The predicted octanol–water partition coefficient (Wildman–Crippen LogP) is 2.64. The molecule has 1 aromatic heterocycles. The van der Waals surface area contributed by atoms with E-state index in [1.54, 1.807) is 12.3 Å². The van der Waals surface area contributed by atoms with Gasteiger partial charge in [-0.25, -0.2) is 0 Å². The molecule has 0 bridgehead atoms. The summed E-state index contributed by atoms with van der Waals surface area (Å²) in [6, 6.07) is 5.48. The maximum atomic E-state index is 12.1. The molecule has 0 saturated carbocycles. The van der Waals surface area contributed by atoms with Crippen LogP contribution in [0.15, 0.2) is 18.2 Å². The van der Waals surface area contributed by atoms with Gasteiger partial charge in [-0.3, -0.25) is 9.00 Å². The number of carbonyl (C=O) groups is 1. The highest BCUT2D eigenvalue weighted by Crippen LogP contribution is 2.37. The Morgan fingerprint density at radius 2 is 2.25 bits per heavy atom. The molecule has 1 atom stereocenters. The van der Waals surface area contributed by atoms with Gasteiger partial charge in [0.15, 0.2) is 0 Å². The van der Waals surface area contributed by atoms with Crippen molar-refractivity contribution in [2.24, 2.45) is 0 Å². The minimum Gasteiger partial charge on any atom is -0.397 e. The summed E-state index contributed by atoms with van der Waals surface area (Å²) in [5, 5.41) is 4.08. The highest BCUT2D eigenvalue weighted by atomic mass is 35.5. The number of thiophene rings is 1. The van der Waals surface area contributed by atoms with Gasteiger partial charge in [-0.05, 0) is 18.6 Å². The summed E-state index contributed by atoms with van der Waals surface area (Å²) < 4.78 is 11.8. The monoisotopic (exact) mass is 330 g/mol. The van der Waals surface area contributed by atoms with Crippen molar-refractivity contribution in [1.29, 1.82) is 0 Å². The molecule has 0 aliphatic rings. The van der Waals surface area contributed by atoms with E-state index in [0.717, 1.165) is 10.1 Å². The predicted molar refractivity (Wildman–Crippen MR) is 87.1 cm³/mol. The van der Waals surface area contributed by atoms with Crippen LogP contribution in [0.2, 0.25) is 5.02 Å². The summed E-state index contributed by atoms with van der Waals surface area (Å²) in [6.07, 6.45) is 2.33. The van der Waals surface area contributed by atoms with Crippen LogP contribution in [0, 0.1) is 0 Å². The van der Waals surface area contributed by atoms with Crippen LogP contribution in [0.3, 0.4) is 0 Å². The number of nitrogens with two attached hydrogens (primary N) is 1. The molecule has 1 amide bonds. The molecular formula is C13H15ClN2O2S2. The first kappa shape index (κ1) is 15.3. The van der Waals surface area contributed by atoms with E-state index in [4.69, 9.17) is 17.3 Å². The smallest absolute Gasteiger partial charge is 0.263 e. The van der Waals surface area contributed by atoms with Crippen molar-refractivity contribution >= 4 is 55.4 Å². The summed E-state index contributed by atoms with van der Waals surface area (Å²) in [4.78, 5) is 12.6. The fraction of sp³-hybridized carbons (Fsp3) is 0.308. The standard InChI is InChI=1S/C13H15ClN2O2S2/c1-20(18)7-3-6-16-13(17)12-11(15)10-8(14)4-2-5-9(10)19-12/h2,4-5H,3,6-7,15H2,1H3,(H,16,17). The molecule has 108 valence electrons. The van der Waals surface area contributed by atoms with E-state index >= 15 is 0 Å². The second kappa shape index (κ2) is 6.56. The molecule has 2 rings (SSSR count). The summed E-state index contributed by atoms with van der Waals surface area (Å²) >= 11 is 7.43. The van der Waals surface area contributed by atoms with Crippen LogP contribution in [0.1, 0.15) is 16.1 Å². The highest BCUT2D eigenvalue weighted by molar-refractivity contribution is 7.84. The fourth-order valence-electron chi connectivity index (χ4n) is 1.86. The summed E-state index contributed by atoms with van der Waals surface area (Å²) in [7, 11) is -0.835. The number of nitrogen functional groups attached to an aromatic ring is 1. The Bertz CT molecular complexity index is 670. The van der Waals surface area contributed by atoms with Crippen LogP contribution < -0.4 is 11.1 Å². The van der Waals surface area contributed by atoms with Crippen LogP contribution in [0.5, 0.6) is 0 Å². The lowest BCUT2D eigenvalue weighted by molar-refractivity contribution is 0.0958. The minimum atomic E-state index is -0.835. The van der Waals surface area contributed by atoms with E-state index in [-0.39, 0.29) is 5.91 Å². The van der Waals surface area contributed by atoms with Crippen molar-refractivity contribution in [3.63, 3.8) is 0 Å². The lowest BCUT2D eigenvalue weighted by Gasteiger charge is -2.03. The quantitative estimate of drug-likeness (QED) is 0.828. The number of fused-ring (bicyclic) bond motifs is 1. The number of nitrogens with one attached hydrogen (secondary N) is 1. The number of hydrogen-bond donors (Lipinski definition) is 2. The van der Waals surface area contributed by atoms with Crippen molar-refractivity contribution in [1.82, 2.24) is 5.32 Å². The second-order valence-corrected chi connectivity index (χ2v) is 7.36. The number of rotatable bonds is 5. The topological polar surface area (TPSA) is 72.2 Å². The van der Waals surface area contributed by atoms with Gasteiger partial charge in [0.1, 0.15) is 4.88 Å². The highest BCUT2D eigenvalue weighted by Gasteiger charge is 2.17. The first-order chi connectivity index (χ1) is 9.50. The van der Waals surface area contributed by atoms with Gasteiger partial charge >= 0.3 is 0 Å². The van der Waals surface area contributed by atoms with E-state index in [9.17, 15) is 9.00 Å². The minimum absolute atomic E-state index is 0.207. The van der Waals surface area contributed by atoms with Crippen molar-refractivity contribution in [3.8, 4) is 0 Å². The van der Waals surface area contributed by atoms with Gasteiger partial charge in [-0.15, -0.1) is 11.3 Å². The zero-order chi connectivity index (χ0) is 14.7. The lowest BCUT2D eigenvalue weighted by atomic mass is 10.2. The van der Waals surface area contributed by atoms with Crippen LogP contribution in [-0.2, 0) is 10.8 Å². The molecule has 2 aromatic rings. The third-order valence-electron chi connectivity index (χ3n) is 2.80. The number of carbonyl (C=O) groups excluding carboxylic acids is 1. The van der Waals surface area contributed by atoms with Gasteiger partial charge < -0.3 is 11.1 Å². The van der Waals surface area contributed by atoms with Gasteiger partial charge in [0, 0.05) is 39.4 Å². The molecule has 0 spiro atoms. The normalized spacial score (nSPS) is 12.5. The molecule has 20 heavy (non-hydrogen) atoms. The molecule has 0 fully saturated rings. The molecule has 1 aromatic carbocycles. The number of halogens is 1. The fourth-order valence-corrected chi connectivity index (χ4v) is 3.80. The first-order valence-corrected chi connectivity index (χ1v) is 8.97. The number of amides is 1. The van der Waals surface area contributed by atoms with E-state index < -0.39 is 10.8 Å². The van der Waals surface area contributed by atoms with Gasteiger partial charge in [-0.1, -0.05) is 17.7 Å². The maximum absolute atomic E-state index is 12.1. The summed E-state index contributed by atoms with van der Waals surface area (Å²) in [6.45, 7) is 0.486. The van der Waals surface area contributed by atoms with Gasteiger partial charge in [0.05, 0.1) is 10.7 Å². The number of hydrogen-bond acceptors (Lipinski definition) is 4. The average molecular weight is 331 g/mol. The van der Waals surface area contributed by atoms with E-state index in [2.05, 4.69) is 5.32 Å². The molecule has 7 heteroatoms. The van der Waals surface area contributed by atoms with Crippen molar-refractivity contribution in [2.75, 3.05) is 24.3 Å². The first-order valence-electron chi connectivity index (χ1n) is 6.05. The molecular weight excluding hydrogens is 316 g/mol. The number of anilines is 1. The Kier molecular flexibility index (Phi) is 5.01. The lowest BCUT2D eigenvalue weighted by Crippen LogP contribution is -2.25. The molecule has 1 heterocycles. The Labute approximate surface area is 128 Å². The molecule has 1 unspecified atom stereocenters. The van der Waals surface area contributed by atoms with Crippen LogP contribution in [0.25, 0.3) is 10.1 Å². The average Bonchev–Trinajstić information content (AvgIpc) is 2.73. The van der Waals surface area contributed by atoms with Crippen LogP contribution >= 0.6 is 22.9 Å². The van der Waals surface area contributed by atoms with Gasteiger partial charge in [0.2, 0.25) is 0 Å². The van der Waals surface area contributed by atoms with Crippen molar-refractivity contribution in [3.05, 3.63) is 28.1 Å². The second-order valence-electron chi connectivity index (χ2n) is 4.34. The number of benzene rings is 1. The van der Waals surface area contributed by atoms with Crippen molar-refractivity contribution in [2.45, 2.75) is 6.42 Å². The largest absolute Gasteiger partial charge is 0.397 e. The molecule has 3 N–H and O–H groups in total. The Hall–Kier alpha value is -1.11. The third kappa shape index (κ3) is 3.31. The Morgan fingerprint density at radius 1 is 1.50 bits per heavy atom. The van der Waals surface area contributed by atoms with Crippen molar-refractivity contribution < 1.29 is 9.00 Å². The summed E-state index contributed by atoms with van der Waals surface area (Å²) in [5.74, 6) is 0.371. The molecule has 0 aliphatic carbocycles. The van der Waals surface area contributed by atoms with Gasteiger partial charge in [-0.2, -0.15) is 0 Å². The summed E-state index contributed by atoms with van der Waals surface area (Å²) in [5.41, 5.74) is 6.43. The third-order valence-corrected chi connectivity index (χ3v) is 5.15. The zero-order valence-electron chi connectivity index (χ0n) is 10.9.